The summed E-state index contributed by atoms with van der Waals surface area (Å²) in [7, 11) is 0. The lowest BCUT2D eigenvalue weighted by Gasteiger charge is -2.61. The van der Waals surface area contributed by atoms with Crippen LogP contribution in [0.15, 0.2) is 212 Å². The smallest absolute Gasteiger partial charge is 0.0725 e. The molecule has 7 aliphatic carbocycles. The monoisotopic (exact) mass is 905 g/mol. The molecule has 4 saturated carbocycles. The molecule has 71 heavy (non-hydrogen) atoms. The molecule has 4 fully saturated rings. The average molecular weight is 906 g/mol. The Hall–Kier alpha value is -7.87. The first-order valence-electron chi connectivity index (χ1n) is 27.0. The van der Waals surface area contributed by atoms with Gasteiger partial charge < -0.3 is 0 Å². The maximum atomic E-state index is 9.77. The van der Waals surface area contributed by atoms with Gasteiger partial charge in [-0.25, -0.2) is 0 Å². The van der Waals surface area contributed by atoms with E-state index in [9.17, 15) is 1.37 Å². The molecule has 0 aliphatic heterocycles. The average Bonchev–Trinajstić information content (AvgIpc) is 4.00. The van der Waals surface area contributed by atoms with E-state index in [0.717, 1.165) is 39.4 Å². The van der Waals surface area contributed by atoms with Gasteiger partial charge in [0.25, 0.3) is 0 Å². The Kier molecular flexibility index (Phi) is 7.26. The molecule has 11 aromatic rings. The molecule has 334 valence electrons. The van der Waals surface area contributed by atoms with E-state index >= 15 is 0 Å². The molecule has 0 N–H and O–H groups in total. The van der Waals surface area contributed by atoms with Gasteiger partial charge in [-0.15, -0.1) is 0 Å². The Morgan fingerprint density at radius 1 is 0.380 bits per heavy atom. The summed E-state index contributed by atoms with van der Waals surface area (Å²) in [6.45, 7) is 0. The number of pyridine rings is 1. The molecule has 1 nitrogen and oxygen atoms in total. The third-order valence-corrected chi connectivity index (χ3v) is 18.9. The van der Waals surface area contributed by atoms with E-state index in [1.165, 1.54) is 137 Å². The van der Waals surface area contributed by atoms with Gasteiger partial charge in [-0.05, 0) is 202 Å². The van der Waals surface area contributed by atoms with Crippen LogP contribution in [-0.2, 0) is 10.8 Å². The van der Waals surface area contributed by atoms with Crippen molar-refractivity contribution in [3.05, 3.63) is 246 Å². The molecule has 18 rings (SSSR count). The van der Waals surface area contributed by atoms with Gasteiger partial charge in [-0.2, -0.15) is 0 Å². The molecule has 7 aliphatic rings. The number of nitrogens with zero attached hydrogens (tertiary/aromatic N) is 1. The van der Waals surface area contributed by atoms with Crippen molar-refractivity contribution in [2.75, 3.05) is 0 Å². The molecule has 2 spiro atoms. The van der Waals surface area contributed by atoms with Crippen molar-refractivity contribution in [3.63, 3.8) is 0 Å². The standard InChI is InChI=1S/C70H49N/c1-3-19-57-55(17-1)67(45-25-28-54-52-15-7-12-24-63(52)70(65(54)39-45)61-22-10-5-13-50(61)51-14-6-11-23-62(51)70)56-18-2-4-20-58(56)68(57)47-37-46-36-43(27-30-66(46)71-40-47)44-26-29-64-59(38-44)53-16-8-9-21-60(53)69(64)48-32-41-31-42(34-48)35-49(69)33-41/h1-30,36-42,48-49H,31-35H2/i9D,26D. The fourth-order valence-corrected chi connectivity index (χ4v) is 16.6. The lowest BCUT2D eigenvalue weighted by Crippen LogP contribution is -2.55. The van der Waals surface area contributed by atoms with E-state index in [1.54, 1.807) is 0 Å². The van der Waals surface area contributed by atoms with Crippen LogP contribution in [-0.4, -0.2) is 4.98 Å². The van der Waals surface area contributed by atoms with Gasteiger partial charge in [-0.3, -0.25) is 4.98 Å². The Bertz CT molecular complexity index is 4120. The number of aromatic nitrogens is 1. The third kappa shape index (κ3) is 4.90. The predicted molar refractivity (Wildman–Crippen MR) is 293 cm³/mol. The SMILES string of the molecule is [2H]c1ccc2c(c1)C1(c3cc([2H])c(-c4ccc5ncc(-c6c7ccccc7c(-c7ccc8c(c7)C7(c9ccccc9-c9ccccc97)c7ccccc7-8)c7ccccc67)cc5c4)cc3-2)C2CC3CC(C2)CC1C3. The van der Waals surface area contributed by atoms with Crippen molar-refractivity contribution in [3.8, 4) is 66.8 Å². The summed E-state index contributed by atoms with van der Waals surface area (Å²) in [5, 5.41) is 5.89. The quantitative estimate of drug-likeness (QED) is 0.161. The van der Waals surface area contributed by atoms with E-state index < -0.39 is 5.41 Å². The zero-order valence-electron chi connectivity index (χ0n) is 41.3. The Morgan fingerprint density at radius 2 is 0.887 bits per heavy atom. The minimum absolute atomic E-state index is 0.0736. The molecule has 1 heteroatoms. The highest BCUT2D eigenvalue weighted by Crippen LogP contribution is 2.70. The second-order valence-electron chi connectivity index (χ2n) is 21.9. The maximum Gasteiger partial charge on any atom is 0.0725 e. The summed E-state index contributed by atoms with van der Waals surface area (Å²) in [5.74, 6) is 2.86. The van der Waals surface area contributed by atoms with Crippen molar-refractivity contribution in [2.45, 2.75) is 42.9 Å². The second-order valence-corrected chi connectivity index (χ2v) is 21.9. The molecule has 10 aromatic carbocycles. The van der Waals surface area contributed by atoms with Crippen LogP contribution in [0.5, 0.6) is 0 Å². The van der Waals surface area contributed by atoms with Crippen molar-refractivity contribution in [2.24, 2.45) is 23.7 Å². The fraction of sp³-hybridized carbons (Fsp3) is 0.157. The molecular weight excluding hydrogens is 855 g/mol. The number of fused-ring (bicyclic) bond motifs is 16. The van der Waals surface area contributed by atoms with Crippen LogP contribution in [0.3, 0.4) is 0 Å². The molecule has 1 heterocycles. The van der Waals surface area contributed by atoms with Crippen molar-refractivity contribution >= 4 is 32.4 Å². The molecule has 4 bridgehead atoms. The third-order valence-electron chi connectivity index (χ3n) is 18.9. The lowest BCUT2D eigenvalue weighted by atomic mass is 9.43. The molecule has 0 saturated heterocycles. The van der Waals surface area contributed by atoms with Crippen LogP contribution in [0, 0.1) is 23.7 Å². The first kappa shape index (κ1) is 37.0. The molecule has 0 radical (unpaired) electrons. The number of hydrogen-bond donors (Lipinski definition) is 0. The fourth-order valence-electron chi connectivity index (χ4n) is 16.6. The maximum absolute atomic E-state index is 9.77. The summed E-state index contributed by atoms with van der Waals surface area (Å²) in [6.07, 6.45) is 8.60. The van der Waals surface area contributed by atoms with Crippen molar-refractivity contribution in [1.82, 2.24) is 4.98 Å². The van der Waals surface area contributed by atoms with Gasteiger partial charge >= 0.3 is 0 Å². The van der Waals surface area contributed by atoms with Crippen LogP contribution < -0.4 is 0 Å². The largest absolute Gasteiger partial charge is 0.256 e. The van der Waals surface area contributed by atoms with Gasteiger partial charge in [-0.1, -0.05) is 176 Å². The zero-order chi connectivity index (χ0) is 47.9. The number of hydrogen-bond acceptors (Lipinski definition) is 1. The highest BCUT2D eigenvalue weighted by Gasteiger charge is 2.61. The second kappa shape index (κ2) is 13.9. The summed E-state index contributed by atoms with van der Waals surface area (Å²) >= 11 is 0. The molecular formula is C70H49N. The minimum atomic E-state index is -0.426. The summed E-state index contributed by atoms with van der Waals surface area (Å²) in [4.78, 5) is 5.18. The number of benzene rings is 10. The molecule has 0 amide bonds. The summed E-state index contributed by atoms with van der Waals surface area (Å²) < 4.78 is 18.6. The van der Waals surface area contributed by atoms with E-state index in [1.807, 2.05) is 6.07 Å². The minimum Gasteiger partial charge on any atom is -0.256 e. The van der Waals surface area contributed by atoms with Crippen LogP contribution in [0.4, 0.5) is 0 Å². The van der Waals surface area contributed by atoms with Gasteiger partial charge in [0.2, 0.25) is 0 Å². The molecule has 1 aromatic heterocycles. The number of rotatable bonds is 3. The van der Waals surface area contributed by atoms with Gasteiger partial charge in [0.05, 0.1) is 13.7 Å². The van der Waals surface area contributed by atoms with Gasteiger partial charge in [0.1, 0.15) is 0 Å². The van der Waals surface area contributed by atoms with Crippen LogP contribution >= 0.6 is 0 Å². The first-order valence-corrected chi connectivity index (χ1v) is 26.0. The van der Waals surface area contributed by atoms with Crippen LogP contribution in [0.25, 0.3) is 99.2 Å². The Morgan fingerprint density at radius 3 is 1.52 bits per heavy atom. The topological polar surface area (TPSA) is 12.9 Å². The summed E-state index contributed by atoms with van der Waals surface area (Å²) in [6, 6.07) is 73.5. The Labute approximate surface area is 417 Å². The van der Waals surface area contributed by atoms with Crippen LogP contribution in [0.2, 0.25) is 0 Å². The first-order chi connectivity index (χ1) is 36.0. The predicted octanol–water partition coefficient (Wildman–Crippen LogP) is 17.6. The highest BCUT2D eigenvalue weighted by molar-refractivity contribution is 6.22. The van der Waals surface area contributed by atoms with Gasteiger partial charge in [0.15, 0.2) is 0 Å². The zero-order valence-corrected chi connectivity index (χ0v) is 39.3. The van der Waals surface area contributed by atoms with E-state index in [2.05, 4.69) is 194 Å². The van der Waals surface area contributed by atoms with Crippen molar-refractivity contribution in [1.29, 1.82) is 0 Å². The lowest BCUT2D eigenvalue weighted by molar-refractivity contribution is -0.0399. The highest BCUT2D eigenvalue weighted by atomic mass is 14.7. The summed E-state index contributed by atoms with van der Waals surface area (Å²) in [5.41, 5.74) is 23.1. The van der Waals surface area contributed by atoms with E-state index in [0.29, 0.717) is 23.9 Å². The van der Waals surface area contributed by atoms with E-state index in [-0.39, 0.29) is 5.41 Å². The van der Waals surface area contributed by atoms with Gasteiger partial charge in [0, 0.05) is 22.6 Å². The molecule has 0 unspecified atom stereocenters. The van der Waals surface area contributed by atoms with Crippen molar-refractivity contribution < 1.29 is 2.74 Å². The van der Waals surface area contributed by atoms with E-state index in [4.69, 9.17) is 6.35 Å². The Balaban J connectivity index is 0.826. The molecule has 0 atom stereocenters. The van der Waals surface area contributed by atoms with Crippen LogP contribution in [0.1, 0.15) is 68.2 Å². The normalized spacial score (nSPS) is 22.4.